The van der Waals surface area contributed by atoms with Gasteiger partial charge in [0, 0.05) is 12.6 Å². The lowest BCUT2D eigenvalue weighted by Crippen LogP contribution is -2.29. The van der Waals surface area contributed by atoms with E-state index in [2.05, 4.69) is 10.6 Å². The van der Waals surface area contributed by atoms with Crippen molar-refractivity contribution in [3.05, 3.63) is 53.6 Å². The van der Waals surface area contributed by atoms with Crippen LogP contribution >= 0.6 is 0 Å². The molecule has 0 spiro atoms. The lowest BCUT2D eigenvalue weighted by molar-refractivity contribution is -0.119. The third-order valence-corrected chi connectivity index (χ3v) is 3.31. The second-order valence-corrected chi connectivity index (χ2v) is 4.94. The molecule has 1 amide bonds. The Kier molecular flexibility index (Phi) is 5.95. The van der Waals surface area contributed by atoms with Gasteiger partial charge in [0.25, 0.3) is 0 Å². The van der Waals surface area contributed by atoms with Crippen LogP contribution in [0.15, 0.2) is 36.4 Å². The van der Waals surface area contributed by atoms with Crippen LogP contribution in [0.1, 0.15) is 5.56 Å². The van der Waals surface area contributed by atoms with Gasteiger partial charge in [0.2, 0.25) is 5.91 Å². The molecule has 2 aromatic carbocycles. The number of hydrogen-bond acceptors (Lipinski definition) is 4. The average Bonchev–Trinajstić information content (AvgIpc) is 2.58. The molecule has 0 heterocycles. The summed E-state index contributed by atoms with van der Waals surface area (Å²) >= 11 is 0. The maximum Gasteiger partial charge on any atom is 0.239 e. The van der Waals surface area contributed by atoms with Crippen molar-refractivity contribution in [1.29, 1.82) is 0 Å². The first kappa shape index (κ1) is 17.5. The number of carbonyl (C=O) groups excluding carboxylic acids is 1. The molecule has 0 aromatic heterocycles. The molecule has 7 heteroatoms. The molecule has 128 valence electrons. The zero-order valence-corrected chi connectivity index (χ0v) is 13.4. The molecule has 2 N–H and O–H groups in total. The van der Waals surface area contributed by atoms with Gasteiger partial charge >= 0.3 is 0 Å². The summed E-state index contributed by atoms with van der Waals surface area (Å²) in [5.41, 5.74) is 0.895. The Morgan fingerprint density at radius 2 is 1.79 bits per heavy atom. The molecule has 2 rings (SSSR count). The van der Waals surface area contributed by atoms with Gasteiger partial charge in [0.15, 0.2) is 11.5 Å². The van der Waals surface area contributed by atoms with E-state index in [-0.39, 0.29) is 24.7 Å². The summed E-state index contributed by atoms with van der Waals surface area (Å²) in [6, 6.07) is 8.41. The Morgan fingerprint density at radius 3 is 2.46 bits per heavy atom. The standard InChI is InChI=1S/C17H18F2N2O3/c1-23-15-6-3-11(7-16(15)24-2)9-21-17(22)10-20-14-5-4-12(18)8-13(14)19/h3-8,20H,9-10H2,1-2H3,(H,21,22). The monoisotopic (exact) mass is 336 g/mol. The third-order valence-electron chi connectivity index (χ3n) is 3.31. The average molecular weight is 336 g/mol. The van der Waals surface area contributed by atoms with E-state index >= 15 is 0 Å². The summed E-state index contributed by atoms with van der Waals surface area (Å²) in [6.45, 7) is 0.155. The molecule has 2 aromatic rings. The van der Waals surface area contributed by atoms with E-state index < -0.39 is 11.6 Å². The SMILES string of the molecule is COc1ccc(CNC(=O)CNc2ccc(F)cc2F)cc1OC. The highest BCUT2D eigenvalue weighted by atomic mass is 19.1. The molecule has 0 fully saturated rings. The summed E-state index contributed by atoms with van der Waals surface area (Å²) in [4.78, 5) is 11.8. The minimum absolute atomic E-state index is 0.0673. The predicted octanol–water partition coefficient (Wildman–Crippen LogP) is 2.71. The van der Waals surface area contributed by atoms with Crippen molar-refractivity contribution in [3.63, 3.8) is 0 Å². The van der Waals surface area contributed by atoms with Crippen LogP contribution in [0.25, 0.3) is 0 Å². The Bertz CT molecular complexity index is 723. The predicted molar refractivity (Wildman–Crippen MR) is 86.2 cm³/mol. The molecule has 5 nitrogen and oxygen atoms in total. The number of rotatable bonds is 7. The number of nitrogens with one attached hydrogen (secondary N) is 2. The summed E-state index contributed by atoms with van der Waals surface area (Å²) in [5.74, 6) is -0.580. The number of anilines is 1. The van der Waals surface area contributed by atoms with Gasteiger partial charge < -0.3 is 20.1 Å². The van der Waals surface area contributed by atoms with Crippen LogP contribution in [0, 0.1) is 11.6 Å². The van der Waals surface area contributed by atoms with Gasteiger partial charge in [0.1, 0.15) is 11.6 Å². The van der Waals surface area contributed by atoms with Crippen molar-refractivity contribution < 1.29 is 23.0 Å². The summed E-state index contributed by atoms with van der Waals surface area (Å²) < 4.78 is 36.6. The van der Waals surface area contributed by atoms with Crippen molar-refractivity contribution in [1.82, 2.24) is 5.32 Å². The molecule has 0 radical (unpaired) electrons. The van der Waals surface area contributed by atoms with E-state index in [1.165, 1.54) is 13.2 Å². The maximum absolute atomic E-state index is 13.4. The fourth-order valence-electron chi connectivity index (χ4n) is 2.06. The first-order chi connectivity index (χ1) is 11.5. The van der Waals surface area contributed by atoms with E-state index in [0.717, 1.165) is 17.7 Å². The Morgan fingerprint density at radius 1 is 1.04 bits per heavy atom. The number of amides is 1. The topological polar surface area (TPSA) is 59.6 Å². The van der Waals surface area contributed by atoms with E-state index in [4.69, 9.17) is 9.47 Å². The van der Waals surface area contributed by atoms with E-state index in [1.807, 2.05) is 0 Å². The lowest BCUT2D eigenvalue weighted by Gasteiger charge is -2.11. The van der Waals surface area contributed by atoms with Crippen molar-refractivity contribution in [2.45, 2.75) is 6.54 Å². The second-order valence-electron chi connectivity index (χ2n) is 4.94. The van der Waals surface area contributed by atoms with Crippen molar-refractivity contribution in [2.75, 3.05) is 26.1 Å². The molecule has 24 heavy (non-hydrogen) atoms. The first-order valence-corrected chi connectivity index (χ1v) is 7.20. The van der Waals surface area contributed by atoms with E-state index in [0.29, 0.717) is 11.5 Å². The van der Waals surface area contributed by atoms with Gasteiger partial charge in [-0.3, -0.25) is 4.79 Å². The van der Waals surface area contributed by atoms with Gasteiger partial charge in [-0.05, 0) is 29.8 Å². The summed E-state index contributed by atoms with van der Waals surface area (Å²) in [5, 5.41) is 5.31. The van der Waals surface area contributed by atoms with E-state index in [1.54, 1.807) is 25.3 Å². The number of hydrogen-bond donors (Lipinski definition) is 2. The Hall–Kier alpha value is -2.83. The molecule has 0 saturated carbocycles. The largest absolute Gasteiger partial charge is 0.493 e. The van der Waals surface area contributed by atoms with Crippen molar-refractivity contribution >= 4 is 11.6 Å². The normalized spacial score (nSPS) is 10.2. The maximum atomic E-state index is 13.4. The van der Waals surface area contributed by atoms with Crippen molar-refractivity contribution in [2.24, 2.45) is 0 Å². The number of halogens is 2. The minimum atomic E-state index is -0.748. The van der Waals surface area contributed by atoms with Crippen LogP contribution < -0.4 is 20.1 Å². The van der Waals surface area contributed by atoms with Crippen LogP contribution in [0.5, 0.6) is 11.5 Å². The molecule has 0 aliphatic rings. The van der Waals surface area contributed by atoms with Crippen LogP contribution in [0.2, 0.25) is 0 Å². The van der Waals surface area contributed by atoms with Gasteiger partial charge in [0.05, 0.1) is 26.5 Å². The second kappa shape index (κ2) is 8.14. The number of benzene rings is 2. The zero-order chi connectivity index (χ0) is 17.5. The molecule has 0 unspecified atom stereocenters. The van der Waals surface area contributed by atoms with Crippen LogP contribution in [-0.4, -0.2) is 26.7 Å². The van der Waals surface area contributed by atoms with Crippen LogP contribution in [0.3, 0.4) is 0 Å². The Balaban J connectivity index is 1.87. The smallest absolute Gasteiger partial charge is 0.239 e. The molecule has 0 saturated heterocycles. The molecular formula is C17H18F2N2O3. The molecular weight excluding hydrogens is 318 g/mol. The lowest BCUT2D eigenvalue weighted by atomic mass is 10.2. The third kappa shape index (κ3) is 4.58. The fourth-order valence-corrected chi connectivity index (χ4v) is 2.06. The number of carbonyl (C=O) groups is 1. The molecule has 0 aliphatic carbocycles. The molecule has 0 aliphatic heterocycles. The highest BCUT2D eigenvalue weighted by Gasteiger charge is 2.08. The van der Waals surface area contributed by atoms with Crippen LogP contribution in [0.4, 0.5) is 14.5 Å². The summed E-state index contributed by atoms with van der Waals surface area (Å²) in [6.07, 6.45) is 0. The van der Waals surface area contributed by atoms with Gasteiger partial charge in [-0.25, -0.2) is 8.78 Å². The van der Waals surface area contributed by atoms with Crippen LogP contribution in [-0.2, 0) is 11.3 Å². The zero-order valence-electron chi connectivity index (χ0n) is 13.4. The first-order valence-electron chi connectivity index (χ1n) is 7.20. The highest BCUT2D eigenvalue weighted by Crippen LogP contribution is 2.27. The minimum Gasteiger partial charge on any atom is -0.493 e. The Labute approximate surface area is 138 Å². The van der Waals surface area contributed by atoms with Gasteiger partial charge in [-0.1, -0.05) is 6.07 Å². The van der Waals surface area contributed by atoms with Gasteiger partial charge in [-0.2, -0.15) is 0 Å². The fraction of sp³-hybridized carbons (Fsp3) is 0.235. The molecule has 0 atom stereocenters. The highest BCUT2D eigenvalue weighted by molar-refractivity contribution is 5.80. The number of methoxy groups -OCH3 is 2. The van der Waals surface area contributed by atoms with Gasteiger partial charge in [-0.15, -0.1) is 0 Å². The van der Waals surface area contributed by atoms with E-state index in [9.17, 15) is 13.6 Å². The number of ether oxygens (including phenoxy) is 2. The van der Waals surface area contributed by atoms with Crippen molar-refractivity contribution in [3.8, 4) is 11.5 Å². The quantitative estimate of drug-likeness (QED) is 0.816. The molecule has 0 bridgehead atoms. The summed E-state index contributed by atoms with van der Waals surface area (Å²) in [7, 11) is 3.07.